The third kappa shape index (κ3) is 2.88. The highest BCUT2D eigenvalue weighted by molar-refractivity contribution is 7.12. The number of hydrogen-bond donors (Lipinski definition) is 1. The smallest absolute Gasteiger partial charge is 0.290 e. The molecule has 0 saturated carbocycles. The number of furan rings is 1. The maximum atomic E-state index is 12.8. The summed E-state index contributed by atoms with van der Waals surface area (Å²) in [4.78, 5) is 29.2. The summed E-state index contributed by atoms with van der Waals surface area (Å²) in [6, 6.07) is 6.15. The summed E-state index contributed by atoms with van der Waals surface area (Å²) in [6.45, 7) is 0.985. The summed E-state index contributed by atoms with van der Waals surface area (Å²) in [7, 11) is 3.79. The van der Waals surface area contributed by atoms with Gasteiger partial charge in [-0.25, -0.2) is 0 Å². The average molecular weight is 346 g/mol. The van der Waals surface area contributed by atoms with Crippen molar-refractivity contribution in [3.63, 3.8) is 0 Å². The molecule has 1 aliphatic heterocycles. The summed E-state index contributed by atoms with van der Waals surface area (Å²) >= 11 is 1.28. The first-order chi connectivity index (χ1) is 11.5. The molecule has 24 heavy (non-hydrogen) atoms. The monoisotopic (exact) mass is 346 g/mol. The molecule has 1 aliphatic rings. The van der Waals surface area contributed by atoms with E-state index in [1.54, 1.807) is 29.6 Å². The first kappa shape index (κ1) is 16.5. The third-order valence-electron chi connectivity index (χ3n) is 3.89. The van der Waals surface area contributed by atoms with E-state index >= 15 is 0 Å². The van der Waals surface area contributed by atoms with Crippen LogP contribution in [0.2, 0.25) is 0 Å². The molecule has 126 valence electrons. The fraction of sp³-hybridized carbons (Fsp3) is 0.294. The second-order valence-electron chi connectivity index (χ2n) is 5.79. The van der Waals surface area contributed by atoms with Crippen LogP contribution in [0.1, 0.15) is 21.5 Å². The van der Waals surface area contributed by atoms with Crippen molar-refractivity contribution in [2.24, 2.45) is 0 Å². The van der Waals surface area contributed by atoms with Crippen LogP contribution in [-0.2, 0) is 4.79 Å². The number of likely N-dealkylation sites (N-methyl/N-ethyl adjacent to an activating group) is 1. The molecule has 0 fully saturated rings. The number of carbonyl (C=O) groups excluding carboxylic acids is 2. The van der Waals surface area contributed by atoms with Crippen molar-refractivity contribution in [3.05, 3.63) is 57.9 Å². The van der Waals surface area contributed by atoms with E-state index in [4.69, 9.17) is 4.42 Å². The van der Waals surface area contributed by atoms with Gasteiger partial charge in [-0.15, -0.1) is 11.3 Å². The van der Waals surface area contributed by atoms with E-state index in [2.05, 4.69) is 0 Å². The maximum Gasteiger partial charge on any atom is 0.290 e. The van der Waals surface area contributed by atoms with Crippen molar-refractivity contribution < 1.29 is 19.1 Å². The van der Waals surface area contributed by atoms with Gasteiger partial charge in [0.15, 0.2) is 5.76 Å². The molecule has 0 spiro atoms. The molecule has 1 amide bonds. The predicted molar refractivity (Wildman–Crippen MR) is 90.0 cm³/mol. The zero-order chi connectivity index (χ0) is 17.3. The second-order valence-corrected chi connectivity index (χ2v) is 6.74. The Morgan fingerprint density at radius 1 is 1.38 bits per heavy atom. The van der Waals surface area contributed by atoms with Gasteiger partial charge < -0.3 is 19.3 Å². The molecular weight excluding hydrogens is 328 g/mol. The second kappa shape index (κ2) is 6.62. The van der Waals surface area contributed by atoms with Gasteiger partial charge in [-0.05, 0) is 37.7 Å². The number of carbonyl (C=O) groups is 2. The van der Waals surface area contributed by atoms with E-state index in [0.717, 1.165) is 0 Å². The van der Waals surface area contributed by atoms with Gasteiger partial charge in [-0.2, -0.15) is 0 Å². The Bertz CT molecular complexity index is 763. The van der Waals surface area contributed by atoms with Crippen LogP contribution in [0.4, 0.5) is 0 Å². The van der Waals surface area contributed by atoms with Gasteiger partial charge in [0, 0.05) is 13.1 Å². The topological polar surface area (TPSA) is 74.0 Å². The van der Waals surface area contributed by atoms with Gasteiger partial charge in [0.05, 0.1) is 16.7 Å². The van der Waals surface area contributed by atoms with Crippen LogP contribution in [0, 0.1) is 0 Å². The molecule has 1 atom stereocenters. The Kier molecular flexibility index (Phi) is 4.55. The lowest BCUT2D eigenvalue weighted by Crippen LogP contribution is -2.36. The van der Waals surface area contributed by atoms with Crippen molar-refractivity contribution in [2.75, 3.05) is 27.2 Å². The van der Waals surface area contributed by atoms with Crippen LogP contribution >= 0.6 is 11.3 Å². The number of aliphatic hydroxyl groups excluding tert-OH is 1. The van der Waals surface area contributed by atoms with Crippen molar-refractivity contribution in [1.29, 1.82) is 0 Å². The number of ketones is 1. The highest BCUT2D eigenvalue weighted by atomic mass is 32.1. The lowest BCUT2D eigenvalue weighted by Gasteiger charge is -2.26. The fourth-order valence-electron chi connectivity index (χ4n) is 2.71. The van der Waals surface area contributed by atoms with Crippen LogP contribution in [0.3, 0.4) is 0 Å². The Morgan fingerprint density at radius 2 is 2.17 bits per heavy atom. The standard InChI is InChI=1S/C17H18N2O4S/c1-18(2)7-8-19-14(11-5-3-9-23-11)13(16(21)17(19)22)15(20)12-6-4-10-24-12/h3-6,9-10,14,21H,7-8H2,1-2H3. The Balaban J connectivity index is 2.01. The Morgan fingerprint density at radius 3 is 2.75 bits per heavy atom. The van der Waals surface area contributed by atoms with E-state index in [0.29, 0.717) is 23.7 Å². The van der Waals surface area contributed by atoms with E-state index in [1.807, 2.05) is 19.0 Å². The number of amides is 1. The van der Waals surface area contributed by atoms with Crippen molar-refractivity contribution in [1.82, 2.24) is 9.80 Å². The number of nitrogens with zero attached hydrogens (tertiary/aromatic N) is 2. The van der Waals surface area contributed by atoms with Crippen LogP contribution < -0.4 is 0 Å². The molecular formula is C17H18N2O4S. The number of rotatable bonds is 6. The van der Waals surface area contributed by atoms with Crippen molar-refractivity contribution in [2.45, 2.75) is 6.04 Å². The quantitative estimate of drug-likeness (QED) is 0.814. The minimum absolute atomic E-state index is 0.0798. The molecule has 1 unspecified atom stereocenters. The van der Waals surface area contributed by atoms with Crippen molar-refractivity contribution >= 4 is 23.0 Å². The highest BCUT2D eigenvalue weighted by Gasteiger charge is 2.45. The molecule has 0 saturated heterocycles. The normalized spacial score (nSPS) is 18.0. The van der Waals surface area contributed by atoms with E-state index < -0.39 is 17.7 Å². The molecule has 1 N–H and O–H groups in total. The zero-order valence-electron chi connectivity index (χ0n) is 13.4. The summed E-state index contributed by atoms with van der Waals surface area (Å²) in [5.74, 6) is -0.914. The van der Waals surface area contributed by atoms with Crippen LogP contribution in [0.5, 0.6) is 0 Å². The average Bonchev–Trinajstić information content (AvgIpc) is 3.27. The summed E-state index contributed by atoms with van der Waals surface area (Å²) in [5.41, 5.74) is 0.0798. The lowest BCUT2D eigenvalue weighted by atomic mass is 10.0. The van der Waals surface area contributed by atoms with Gasteiger partial charge in [0.2, 0.25) is 5.78 Å². The largest absolute Gasteiger partial charge is 0.503 e. The molecule has 0 radical (unpaired) electrons. The van der Waals surface area contributed by atoms with Gasteiger partial charge in [-0.1, -0.05) is 6.07 Å². The summed E-state index contributed by atoms with van der Waals surface area (Å²) in [6.07, 6.45) is 1.49. The SMILES string of the molecule is CN(C)CCN1C(=O)C(O)=C(C(=O)c2cccs2)C1c1ccco1. The zero-order valence-corrected chi connectivity index (χ0v) is 14.2. The summed E-state index contributed by atoms with van der Waals surface area (Å²) < 4.78 is 5.45. The maximum absolute atomic E-state index is 12.8. The van der Waals surface area contributed by atoms with Crippen LogP contribution in [0.25, 0.3) is 0 Å². The first-order valence-corrected chi connectivity index (χ1v) is 8.39. The van der Waals surface area contributed by atoms with E-state index in [9.17, 15) is 14.7 Å². The molecule has 3 rings (SSSR count). The molecule has 3 heterocycles. The first-order valence-electron chi connectivity index (χ1n) is 7.51. The minimum atomic E-state index is -0.706. The number of hydrogen-bond acceptors (Lipinski definition) is 6. The third-order valence-corrected chi connectivity index (χ3v) is 4.76. The van der Waals surface area contributed by atoms with Gasteiger partial charge >= 0.3 is 0 Å². The fourth-order valence-corrected chi connectivity index (χ4v) is 3.38. The Hall–Kier alpha value is -2.38. The van der Waals surface area contributed by atoms with Crippen LogP contribution in [-0.4, -0.2) is 53.8 Å². The molecule has 2 aromatic heterocycles. The number of thiophene rings is 1. The number of aliphatic hydroxyl groups is 1. The molecule has 2 aromatic rings. The Labute approximate surface area is 143 Å². The van der Waals surface area contributed by atoms with Crippen LogP contribution in [0.15, 0.2) is 51.7 Å². The van der Waals surface area contributed by atoms with Gasteiger partial charge in [0.1, 0.15) is 11.8 Å². The minimum Gasteiger partial charge on any atom is -0.503 e. The van der Waals surface area contributed by atoms with Gasteiger partial charge in [-0.3, -0.25) is 9.59 Å². The molecule has 0 aliphatic carbocycles. The highest BCUT2D eigenvalue weighted by Crippen LogP contribution is 2.39. The van der Waals surface area contributed by atoms with Gasteiger partial charge in [0.25, 0.3) is 5.91 Å². The van der Waals surface area contributed by atoms with Crippen molar-refractivity contribution in [3.8, 4) is 0 Å². The number of Topliss-reactive ketones (excluding diaryl/α,β-unsaturated/α-hetero) is 1. The molecule has 6 nitrogen and oxygen atoms in total. The lowest BCUT2D eigenvalue weighted by molar-refractivity contribution is -0.129. The predicted octanol–water partition coefficient (Wildman–Crippen LogP) is 2.48. The van der Waals surface area contributed by atoms with E-state index in [-0.39, 0.29) is 11.4 Å². The van der Waals surface area contributed by atoms with E-state index in [1.165, 1.54) is 22.5 Å². The molecule has 0 bridgehead atoms. The molecule has 0 aromatic carbocycles. The summed E-state index contributed by atoms with van der Waals surface area (Å²) in [5, 5.41) is 12.1. The molecule has 7 heteroatoms.